The van der Waals surface area contributed by atoms with Gasteiger partial charge in [0.2, 0.25) is 0 Å². The second-order valence-corrected chi connectivity index (χ2v) is 7.38. The first-order chi connectivity index (χ1) is 12.3. The summed E-state index contributed by atoms with van der Waals surface area (Å²) < 4.78 is 10.6. The molecular formula is C19H28N2O5. The number of carbonyl (C=O) groups excluding carboxylic acids is 2. The van der Waals surface area contributed by atoms with E-state index >= 15 is 0 Å². The Bertz CT molecular complexity index is 600. The Morgan fingerprint density at radius 1 is 1.27 bits per heavy atom. The highest BCUT2D eigenvalue weighted by atomic mass is 16.6. The molecule has 26 heavy (non-hydrogen) atoms. The van der Waals surface area contributed by atoms with Gasteiger partial charge in [-0.2, -0.15) is 0 Å². The van der Waals surface area contributed by atoms with Gasteiger partial charge in [0.15, 0.2) is 0 Å². The van der Waals surface area contributed by atoms with Crippen LogP contribution < -0.4 is 5.32 Å². The van der Waals surface area contributed by atoms with E-state index in [4.69, 9.17) is 9.47 Å². The van der Waals surface area contributed by atoms with Crippen LogP contribution in [0.5, 0.6) is 0 Å². The Morgan fingerprint density at radius 2 is 1.96 bits per heavy atom. The van der Waals surface area contributed by atoms with E-state index in [2.05, 4.69) is 5.32 Å². The quantitative estimate of drug-likeness (QED) is 0.858. The van der Waals surface area contributed by atoms with Crippen molar-refractivity contribution < 1.29 is 24.2 Å². The summed E-state index contributed by atoms with van der Waals surface area (Å²) in [5, 5.41) is 12.5. The molecule has 2 atom stereocenters. The van der Waals surface area contributed by atoms with Gasteiger partial charge in [0.05, 0.1) is 18.7 Å². The molecule has 1 aliphatic heterocycles. The molecule has 0 radical (unpaired) electrons. The van der Waals surface area contributed by atoms with Gasteiger partial charge in [-0.3, -0.25) is 0 Å². The number of likely N-dealkylation sites (tertiary alicyclic amines) is 1. The van der Waals surface area contributed by atoms with Crippen LogP contribution in [0, 0.1) is 0 Å². The van der Waals surface area contributed by atoms with E-state index in [0.717, 1.165) is 5.56 Å². The van der Waals surface area contributed by atoms with Crippen LogP contribution in [0.1, 0.15) is 39.2 Å². The lowest BCUT2D eigenvalue weighted by molar-refractivity contribution is 0.0231. The maximum atomic E-state index is 12.4. The van der Waals surface area contributed by atoms with Crippen molar-refractivity contribution in [2.75, 3.05) is 13.2 Å². The number of hydrogen-bond donors (Lipinski definition) is 2. The van der Waals surface area contributed by atoms with E-state index in [0.29, 0.717) is 19.4 Å². The minimum atomic E-state index is -0.609. The molecule has 0 bridgehead atoms. The van der Waals surface area contributed by atoms with Gasteiger partial charge in [0.25, 0.3) is 0 Å². The summed E-state index contributed by atoms with van der Waals surface area (Å²) in [7, 11) is 0. The molecule has 2 rings (SSSR count). The summed E-state index contributed by atoms with van der Waals surface area (Å²) >= 11 is 0. The summed E-state index contributed by atoms with van der Waals surface area (Å²) in [6.07, 6.45) is 0.314. The third-order valence-electron chi connectivity index (χ3n) is 4.11. The molecule has 1 heterocycles. The lowest BCUT2D eigenvalue weighted by Gasteiger charge is -2.39. The van der Waals surface area contributed by atoms with Gasteiger partial charge in [0, 0.05) is 6.54 Å². The summed E-state index contributed by atoms with van der Waals surface area (Å²) in [5.41, 5.74) is 0.281. The van der Waals surface area contributed by atoms with E-state index in [1.165, 1.54) is 4.90 Å². The second kappa shape index (κ2) is 8.89. The number of nitrogens with zero attached hydrogens (tertiary/aromatic N) is 1. The number of amides is 2. The van der Waals surface area contributed by atoms with Gasteiger partial charge in [-0.25, -0.2) is 9.59 Å². The predicted molar refractivity (Wildman–Crippen MR) is 96.6 cm³/mol. The topological polar surface area (TPSA) is 88.1 Å². The minimum absolute atomic E-state index is 0.165. The Hall–Kier alpha value is -2.28. The van der Waals surface area contributed by atoms with Crippen LogP contribution in [0.3, 0.4) is 0 Å². The Balaban J connectivity index is 1.95. The van der Waals surface area contributed by atoms with Crippen molar-refractivity contribution in [2.24, 2.45) is 0 Å². The van der Waals surface area contributed by atoms with Crippen molar-refractivity contribution in [3.05, 3.63) is 35.9 Å². The van der Waals surface area contributed by atoms with Crippen molar-refractivity contribution >= 4 is 12.2 Å². The summed E-state index contributed by atoms with van der Waals surface area (Å²) in [5.74, 6) is 0. The first-order valence-electron chi connectivity index (χ1n) is 8.88. The fourth-order valence-corrected chi connectivity index (χ4v) is 2.94. The van der Waals surface area contributed by atoms with Gasteiger partial charge >= 0.3 is 12.2 Å². The molecule has 7 nitrogen and oxygen atoms in total. The van der Waals surface area contributed by atoms with E-state index in [9.17, 15) is 14.7 Å². The van der Waals surface area contributed by atoms with Crippen LogP contribution in [-0.4, -0.2) is 53.0 Å². The summed E-state index contributed by atoms with van der Waals surface area (Å²) in [4.78, 5) is 26.0. The highest BCUT2D eigenvalue weighted by Crippen LogP contribution is 2.20. The van der Waals surface area contributed by atoms with Crippen LogP contribution in [0.25, 0.3) is 0 Å². The zero-order valence-electron chi connectivity index (χ0n) is 15.6. The van der Waals surface area contributed by atoms with Gasteiger partial charge in [-0.05, 0) is 39.2 Å². The number of rotatable bonds is 4. The van der Waals surface area contributed by atoms with E-state index in [-0.39, 0.29) is 19.3 Å². The third-order valence-corrected chi connectivity index (χ3v) is 4.11. The highest BCUT2D eigenvalue weighted by molar-refractivity contribution is 5.70. The maximum Gasteiger partial charge on any atom is 0.410 e. The van der Waals surface area contributed by atoms with Crippen LogP contribution in [0.2, 0.25) is 0 Å². The number of benzene rings is 1. The fraction of sp³-hybridized carbons (Fsp3) is 0.579. The largest absolute Gasteiger partial charge is 0.445 e. The first-order valence-corrected chi connectivity index (χ1v) is 8.88. The van der Waals surface area contributed by atoms with Crippen molar-refractivity contribution in [1.29, 1.82) is 0 Å². The maximum absolute atomic E-state index is 12.4. The number of ether oxygens (including phenoxy) is 2. The molecule has 1 fully saturated rings. The summed E-state index contributed by atoms with van der Waals surface area (Å²) in [6.45, 7) is 5.73. The smallest absolute Gasteiger partial charge is 0.410 e. The van der Waals surface area contributed by atoms with Gasteiger partial charge in [-0.1, -0.05) is 30.3 Å². The number of alkyl carbamates (subject to hydrolysis) is 1. The number of carbonyl (C=O) groups is 2. The van der Waals surface area contributed by atoms with E-state index in [1.807, 2.05) is 30.3 Å². The molecular weight excluding hydrogens is 336 g/mol. The zero-order chi connectivity index (χ0) is 19.2. The third kappa shape index (κ3) is 5.91. The second-order valence-electron chi connectivity index (χ2n) is 7.38. The number of aliphatic hydroxyl groups is 1. The number of nitrogens with one attached hydrogen (secondary N) is 1. The van der Waals surface area contributed by atoms with Crippen molar-refractivity contribution in [3.8, 4) is 0 Å². The van der Waals surface area contributed by atoms with E-state index < -0.39 is 23.8 Å². The normalized spacial score (nSPS) is 20.4. The molecule has 2 amide bonds. The van der Waals surface area contributed by atoms with Gasteiger partial charge in [-0.15, -0.1) is 0 Å². The van der Waals surface area contributed by atoms with Crippen molar-refractivity contribution in [1.82, 2.24) is 10.2 Å². The lowest BCUT2D eigenvalue weighted by Crippen LogP contribution is -2.59. The van der Waals surface area contributed by atoms with Gasteiger partial charge < -0.3 is 24.8 Å². The molecule has 2 N–H and O–H groups in total. The van der Waals surface area contributed by atoms with Crippen LogP contribution in [0.15, 0.2) is 30.3 Å². The molecule has 1 aromatic carbocycles. The molecule has 7 heteroatoms. The molecule has 0 aliphatic carbocycles. The average molecular weight is 364 g/mol. The lowest BCUT2D eigenvalue weighted by atomic mass is 9.97. The molecule has 144 valence electrons. The molecule has 0 unspecified atom stereocenters. The molecule has 0 spiro atoms. The SMILES string of the molecule is CC(C)(C)OC(=O)N[C@@H]1CCCN(C(=O)OCc2ccccc2)[C@@H]1CO. The van der Waals surface area contributed by atoms with Crippen LogP contribution in [-0.2, 0) is 16.1 Å². The first kappa shape index (κ1) is 20.0. The molecule has 1 aliphatic rings. The minimum Gasteiger partial charge on any atom is -0.445 e. The van der Waals surface area contributed by atoms with Gasteiger partial charge in [0.1, 0.15) is 12.2 Å². The standard InChI is InChI=1S/C19H28N2O5/c1-19(2,3)26-17(23)20-15-10-7-11-21(16(15)12-22)18(24)25-13-14-8-5-4-6-9-14/h4-6,8-9,15-16,22H,7,10-13H2,1-3H3,(H,20,23)/t15-,16-/m1/s1. The highest BCUT2D eigenvalue weighted by Gasteiger charge is 2.36. The summed E-state index contributed by atoms with van der Waals surface area (Å²) in [6, 6.07) is 8.47. The van der Waals surface area contributed by atoms with Crippen molar-refractivity contribution in [2.45, 2.75) is 57.9 Å². The number of piperidine rings is 1. The monoisotopic (exact) mass is 364 g/mol. The molecule has 1 saturated heterocycles. The number of hydrogen-bond acceptors (Lipinski definition) is 5. The molecule has 0 aromatic heterocycles. The fourth-order valence-electron chi connectivity index (χ4n) is 2.94. The molecule has 1 aromatic rings. The predicted octanol–water partition coefficient (Wildman–Crippen LogP) is 2.67. The van der Waals surface area contributed by atoms with Crippen LogP contribution >= 0.6 is 0 Å². The Morgan fingerprint density at radius 3 is 2.58 bits per heavy atom. The number of aliphatic hydroxyl groups excluding tert-OH is 1. The zero-order valence-corrected chi connectivity index (χ0v) is 15.6. The van der Waals surface area contributed by atoms with E-state index in [1.54, 1.807) is 20.8 Å². The molecule has 0 saturated carbocycles. The van der Waals surface area contributed by atoms with Crippen LogP contribution in [0.4, 0.5) is 9.59 Å². The average Bonchev–Trinajstić information content (AvgIpc) is 2.58. The van der Waals surface area contributed by atoms with Crippen molar-refractivity contribution in [3.63, 3.8) is 0 Å². The Kier molecular flexibility index (Phi) is 6.85. The Labute approximate surface area is 154 Å².